The van der Waals surface area contributed by atoms with Crippen LogP contribution in [-0.2, 0) is 7.05 Å². The summed E-state index contributed by atoms with van der Waals surface area (Å²) in [5.41, 5.74) is -2.24. The molecular weight excluding hydrogens is 312 g/mol. The van der Waals surface area contributed by atoms with E-state index in [4.69, 9.17) is 0 Å². The Morgan fingerprint density at radius 2 is 1.65 bits per heavy atom. The number of fused-ring (bicyclic) bond motifs is 1. The van der Waals surface area contributed by atoms with Crippen molar-refractivity contribution < 1.29 is 14.8 Å². The lowest BCUT2D eigenvalue weighted by atomic mass is 10.0. The predicted octanol–water partition coefficient (Wildman–Crippen LogP) is 1.69. The van der Waals surface area contributed by atoms with E-state index in [1.54, 1.807) is 0 Å². The molecule has 2 rings (SSSR count). The number of nitro benzene ring substituents is 2. The van der Waals surface area contributed by atoms with Gasteiger partial charge >= 0.3 is 0 Å². The number of aromatic nitrogens is 1. The fraction of sp³-hybridized carbons (Fsp3) is 0.250. The molecule has 0 saturated carbocycles. The molecule has 0 aliphatic heterocycles. The first-order valence-corrected chi connectivity index (χ1v) is 6.25. The summed E-state index contributed by atoms with van der Waals surface area (Å²) in [4.78, 5) is 42.8. The number of hydrogen-bond acceptors (Lipinski definition) is 7. The molecule has 11 nitrogen and oxygen atoms in total. The Hall–Kier alpha value is -3.37. The van der Waals surface area contributed by atoms with Crippen molar-refractivity contribution in [2.24, 2.45) is 7.05 Å². The molecule has 0 radical (unpaired) electrons. The average molecular weight is 322 g/mol. The summed E-state index contributed by atoms with van der Waals surface area (Å²) in [5, 5.41) is 33.1. The van der Waals surface area contributed by atoms with Crippen LogP contribution < -0.4 is 5.56 Å². The van der Waals surface area contributed by atoms with Crippen molar-refractivity contribution in [3.8, 4) is 0 Å². The van der Waals surface area contributed by atoms with Crippen molar-refractivity contribution >= 4 is 22.3 Å². The second-order valence-electron chi connectivity index (χ2n) is 4.83. The molecule has 0 amide bonds. The van der Waals surface area contributed by atoms with Gasteiger partial charge in [0.25, 0.3) is 16.9 Å². The van der Waals surface area contributed by atoms with Crippen LogP contribution in [0.15, 0.2) is 23.0 Å². The summed E-state index contributed by atoms with van der Waals surface area (Å²) in [5.74, 6) is 0. The van der Waals surface area contributed by atoms with E-state index < -0.39 is 37.7 Å². The van der Waals surface area contributed by atoms with Crippen LogP contribution in [0, 0.1) is 30.3 Å². The van der Waals surface area contributed by atoms with Gasteiger partial charge in [-0.3, -0.25) is 35.1 Å². The molecule has 1 atom stereocenters. The van der Waals surface area contributed by atoms with Crippen molar-refractivity contribution in [1.82, 2.24) is 4.57 Å². The highest BCUT2D eigenvalue weighted by Crippen LogP contribution is 2.34. The van der Waals surface area contributed by atoms with E-state index in [-0.39, 0.29) is 16.5 Å². The SMILES string of the molecule is C[C@H](c1cc(=O)n(C)c2c([N+](=O)[O-])cc([N+](=O)[O-])cc12)[N+](=O)[O-]. The zero-order valence-corrected chi connectivity index (χ0v) is 12.0. The molecule has 1 aromatic carbocycles. The molecule has 0 bridgehead atoms. The fourth-order valence-electron chi connectivity index (χ4n) is 2.30. The molecule has 0 fully saturated rings. The van der Waals surface area contributed by atoms with Crippen molar-refractivity contribution in [2.75, 3.05) is 0 Å². The Morgan fingerprint density at radius 3 is 2.13 bits per heavy atom. The topological polar surface area (TPSA) is 151 Å². The summed E-state index contributed by atoms with van der Waals surface area (Å²) in [6.07, 6.45) is 0. The quantitative estimate of drug-likeness (QED) is 0.613. The number of rotatable bonds is 4. The minimum Gasteiger partial charge on any atom is -0.305 e. The third kappa shape index (κ3) is 2.59. The van der Waals surface area contributed by atoms with Crippen LogP contribution >= 0.6 is 0 Å². The highest BCUT2D eigenvalue weighted by Gasteiger charge is 2.28. The van der Waals surface area contributed by atoms with Gasteiger partial charge in [-0.2, -0.15) is 0 Å². The van der Waals surface area contributed by atoms with E-state index in [0.29, 0.717) is 0 Å². The minimum absolute atomic E-state index is 0.0720. The maximum absolute atomic E-state index is 12.0. The Kier molecular flexibility index (Phi) is 3.79. The van der Waals surface area contributed by atoms with E-state index in [1.807, 2.05) is 0 Å². The first-order valence-electron chi connectivity index (χ1n) is 6.25. The molecule has 0 aliphatic carbocycles. The lowest BCUT2D eigenvalue weighted by molar-refractivity contribution is -0.524. The highest BCUT2D eigenvalue weighted by molar-refractivity contribution is 5.92. The Bertz CT molecular complexity index is 918. The maximum Gasteiger partial charge on any atom is 0.300 e. The van der Waals surface area contributed by atoms with Crippen LogP contribution in [0.1, 0.15) is 18.5 Å². The second kappa shape index (κ2) is 5.44. The van der Waals surface area contributed by atoms with Crippen molar-refractivity contribution in [3.05, 3.63) is 64.5 Å². The van der Waals surface area contributed by atoms with Gasteiger partial charge in [-0.05, 0) is 0 Å². The molecule has 0 aliphatic rings. The first kappa shape index (κ1) is 16.0. The van der Waals surface area contributed by atoms with E-state index in [0.717, 1.165) is 22.8 Å². The maximum atomic E-state index is 12.0. The highest BCUT2D eigenvalue weighted by atomic mass is 16.6. The molecular formula is C12H10N4O7. The predicted molar refractivity (Wildman–Crippen MR) is 77.9 cm³/mol. The second-order valence-corrected chi connectivity index (χ2v) is 4.83. The molecule has 0 spiro atoms. The largest absolute Gasteiger partial charge is 0.305 e. The van der Waals surface area contributed by atoms with E-state index in [1.165, 1.54) is 14.0 Å². The van der Waals surface area contributed by atoms with Crippen molar-refractivity contribution in [3.63, 3.8) is 0 Å². The number of benzene rings is 1. The third-order valence-corrected chi connectivity index (χ3v) is 3.50. The van der Waals surface area contributed by atoms with Gasteiger partial charge in [0, 0.05) is 42.0 Å². The summed E-state index contributed by atoms with van der Waals surface area (Å²) in [7, 11) is 1.25. The van der Waals surface area contributed by atoms with Crippen molar-refractivity contribution in [1.29, 1.82) is 0 Å². The Labute approximate surface area is 127 Å². The van der Waals surface area contributed by atoms with Gasteiger partial charge in [0.05, 0.1) is 15.9 Å². The van der Waals surface area contributed by atoms with Crippen LogP contribution in [0.4, 0.5) is 11.4 Å². The van der Waals surface area contributed by atoms with Gasteiger partial charge in [-0.25, -0.2) is 0 Å². The van der Waals surface area contributed by atoms with Crippen molar-refractivity contribution in [2.45, 2.75) is 13.0 Å². The summed E-state index contributed by atoms with van der Waals surface area (Å²) >= 11 is 0. The van der Waals surface area contributed by atoms with Gasteiger partial charge < -0.3 is 4.57 Å². The number of hydrogen-bond donors (Lipinski definition) is 0. The normalized spacial score (nSPS) is 12.1. The molecule has 1 heterocycles. The molecule has 0 saturated heterocycles. The van der Waals surface area contributed by atoms with Gasteiger partial charge in [-0.1, -0.05) is 0 Å². The third-order valence-electron chi connectivity index (χ3n) is 3.50. The standard InChI is InChI=1S/C12H10N4O7/c1-6(14(18)19)8-5-11(17)13(2)12-9(8)3-7(15(20)21)4-10(12)16(22)23/h3-6H,1-2H3/t6-/m1/s1. The molecule has 1 aromatic heterocycles. The zero-order valence-electron chi connectivity index (χ0n) is 12.0. The van der Waals surface area contributed by atoms with Gasteiger partial charge in [0.2, 0.25) is 6.04 Å². The molecule has 11 heteroatoms. The zero-order chi connectivity index (χ0) is 17.5. The molecule has 0 N–H and O–H groups in total. The summed E-state index contributed by atoms with van der Waals surface area (Å²) in [6, 6.07) is 1.33. The molecule has 2 aromatic rings. The lowest BCUT2D eigenvalue weighted by Crippen LogP contribution is -2.20. The van der Waals surface area contributed by atoms with Crippen LogP contribution in [0.5, 0.6) is 0 Å². The molecule has 120 valence electrons. The first-order chi connectivity index (χ1) is 10.6. The van der Waals surface area contributed by atoms with Gasteiger partial charge in [-0.15, -0.1) is 0 Å². The average Bonchev–Trinajstić information content (AvgIpc) is 2.48. The van der Waals surface area contributed by atoms with E-state index >= 15 is 0 Å². The fourth-order valence-corrected chi connectivity index (χ4v) is 2.30. The summed E-state index contributed by atoms with van der Waals surface area (Å²) < 4.78 is 0.938. The van der Waals surface area contributed by atoms with Gasteiger partial charge in [0.15, 0.2) is 0 Å². The van der Waals surface area contributed by atoms with E-state index in [2.05, 4.69) is 0 Å². The van der Waals surface area contributed by atoms with Gasteiger partial charge in [0.1, 0.15) is 5.52 Å². The molecule has 0 unspecified atom stereocenters. The number of non-ortho nitro benzene ring substituents is 2. The summed E-state index contributed by atoms with van der Waals surface area (Å²) in [6.45, 7) is 1.19. The van der Waals surface area contributed by atoms with Crippen LogP contribution in [0.2, 0.25) is 0 Å². The number of aryl methyl sites for hydroxylation is 1. The minimum atomic E-state index is -1.35. The van der Waals surface area contributed by atoms with Crippen LogP contribution in [0.25, 0.3) is 10.9 Å². The smallest absolute Gasteiger partial charge is 0.300 e. The number of nitrogens with zero attached hydrogens (tertiary/aromatic N) is 4. The lowest BCUT2D eigenvalue weighted by Gasteiger charge is -2.11. The molecule has 23 heavy (non-hydrogen) atoms. The number of pyridine rings is 1. The van der Waals surface area contributed by atoms with E-state index in [9.17, 15) is 35.1 Å². The van der Waals surface area contributed by atoms with Crippen LogP contribution in [0.3, 0.4) is 0 Å². The Balaban J connectivity index is 3.08. The van der Waals surface area contributed by atoms with Crippen LogP contribution in [-0.4, -0.2) is 19.3 Å². The monoisotopic (exact) mass is 322 g/mol. The Morgan fingerprint density at radius 1 is 1.04 bits per heavy atom. The number of nitro groups is 3.